The highest BCUT2D eigenvalue weighted by molar-refractivity contribution is 7.99. The van der Waals surface area contributed by atoms with Gasteiger partial charge in [-0.05, 0) is 57.2 Å². The van der Waals surface area contributed by atoms with Crippen molar-refractivity contribution in [3.8, 4) is 0 Å². The van der Waals surface area contributed by atoms with Gasteiger partial charge < -0.3 is 15.7 Å². The van der Waals surface area contributed by atoms with Crippen molar-refractivity contribution < 1.29 is 5.11 Å². The zero-order valence-electron chi connectivity index (χ0n) is 10.2. The van der Waals surface area contributed by atoms with Crippen molar-refractivity contribution in [1.82, 2.24) is 4.90 Å². The van der Waals surface area contributed by atoms with Crippen LogP contribution >= 0.6 is 11.8 Å². The average molecular weight is 244 g/mol. The van der Waals surface area contributed by atoms with E-state index in [9.17, 15) is 5.11 Å². The maximum Gasteiger partial charge on any atom is 0.0839 e. The second kappa shape index (κ2) is 4.84. The second-order valence-electron chi connectivity index (χ2n) is 5.46. The standard InChI is InChI=1S/C12H24N2OS/c1-14-7-2-3-12(15,4-8-14)11(13)5-9-16-10-6-11/h15H,2-10,13H2,1H3. The van der Waals surface area contributed by atoms with E-state index in [4.69, 9.17) is 5.73 Å². The normalized spacial score (nSPS) is 36.9. The molecule has 1 unspecified atom stereocenters. The maximum absolute atomic E-state index is 10.9. The minimum absolute atomic E-state index is 0.330. The Morgan fingerprint density at radius 1 is 1.12 bits per heavy atom. The third-order valence-electron chi connectivity index (χ3n) is 4.35. The molecule has 0 bridgehead atoms. The summed E-state index contributed by atoms with van der Waals surface area (Å²) in [6, 6.07) is 0. The van der Waals surface area contributed by atoms with Crippen LogP contribution in [0.4, 0.5) is 0 Å². The van der Waals surface area contributed by atoms with Gasteiger partial charge in [0, 0.05) is 12.1 Å². The molecule has 0 amide bonds. The van der Waals surface area contributed by atoms with Gasteiger partial charge in [0.25, 0.3) is 0 Å². The summed E-state index contributed by atoms with van der Waals surface area (Å²) in [7, 11) is 2.13. The fraction of sp³-hybridized carbons (Fsp3) is 1.00. The molecule has 4 heteroatoms. The third kappa shape index (κ3) is 2.40. The lowest BCUT2D eigenvalue weighted by Gasteiger charge is -2.47. The van der Waals surface area contributed by atoms with Crippen LogP contribution in [0.25, 0.3) is 0 Å². The molecule has 0 aromatic rings. The summed E-state index contributed by atoms with van der Waals surface area (Å²) in [5.41, 5.74) is 5.54. The predicted molar refractivity (Wildman–Crippen MR) is 69.8 cm³/mol. The van der Waals surface area contributed by atoms with E-state index >= 15 is 0 Å². The molecule has 0 aromatic carbocycles. The molecule has 2 rings (SSSR count). The van der Waals surface area contributed by atoms with Crippen molar-refractivity contribution in [2.45, 2.75) is 43.2 Å². The average Bonchev–Trinajstić information content (AvgIpc) is 2.43. The molecule has 3 N–H and O–H groups in total. The van der Waals surface area contributed by atoms with Crippen molar-refractivity contribution in [1.29, 1.82) is 0 Å². The van der Waals surface area contributed by atoms with Gasteiger partial charge in [-0.2, -0.15) is 11.8 Å². The van der Waals surface area contributed by atoms with Gasteiger partial charge in [0.2, 0.25) is 0 Å². The van der Waals surface area contributed by atoms with E-state index in [-0.39, 0.29) is 5.54 Å². The SMILES string of the molecule is CN1CCCC(O)(C2(N)CCSCC2)CC1. The first-order valence-corrected chi connectivity index (χ1v) is 7.49. The fourth-order valence-corrected chi connectivity index (χ4v) is 4.17. The van der Waals surface area contributed by atoms with Crippen LogP contribution in [-0.2, 0) is 0 Å². The van der Waals surface area contributed by atoms with Gasteiger partial charge in [-0.1, -0.05) is 0 Å². The molecule has 16 heavy (non-hydrogen) atoms. The molecule has 0 radical (unpaired) electrons. The summed E-state index contributed by atoms with van der Waals surface area (Å²) in [4.78, 5) is 2.30. The molecule has 2 fully saturated rings. The van der Waals surface area contributed by atoms with Gasteiger partial charge in [0.1, 0.15) is 0 Å². The number of hydrogen-bond donors (Lipinski definition) is 2. The van der Waals surface area contributed by atoms with Crippen LogP contribution in [-0.4, -0.2) is 52.8 Å². The molecule has 1 atom stereocenters. The van der Waals surface area contributed by atoms with Gasteiger partial charge in [-0.3, -0.25) is 0 Å². The van der Waals surface area contributed by atoms with E-state index in [2.05, 4.69) is 11.9 Å². The van der Waals surface area contributed by atoms with Crippen molar-refractivity contribution in [2.75, 3.05) is 31.6 Å². The number of hydrogen-bond acceptors (Lipinski definition) is 4. The number of thioether (sulfide) groups is 1. The van der Waals surface area contributed by atoms with Gasteiger partial charge >= 0.3 is 0 Å². The first-order chi connectivity index (χ1) is 7.56. The number of rotatable bonds is 1. The molecule has 2 heterocycles. The lowest BCUT2D eigenvalue weighted by atomic mass is 9.72. The van der Waals surface area contributed by atoms with E-state index in [1.54, 1.807) is 0 Å². The van der Waals surface area contributed by atoms with Gasteiger partial charge in [0.15, 0.2) is 0 Å². The summed E-state index contributed by atoms with van der Waals surface area (Å²) < 4.78 is 0. The second-order valence-corrected chi connectivity index (χ2v) is 6.68. The van der Waals surface area contributed by atoms with Crippen LogP contribution in [0, 0.1) is 0 Å². The van der Waals surface area contributed by atoms with Crippen molar-refractivity contribution in [3.05, 3.63) is 0 Å². The highest BCUT2D eigenvalue weighted by atomic mass is 32.2. The highest BCUT2D eigenvalue weighted by Crippen LogP contribution is 2.39. The van der Waals surface area contributed by atoms with E-state index in [1.807, 2.05) is 11.8 Å². The molecule has 2 saturated heterocycles. The molecule has 0 spiro atoms. The summed E-state index contributed by atoms with van der Waals surface area (Å²) in [6.07, 6.45) is 4.72. The van der Waals surface area contributed by atoms with Crippen LogP contribution < -0.4 is 5.73 Å². The Balaban J connectivity index is 2.09. The van der Waals surface area contributed by atoms with Gasteiger partial charge in [0.05, 0.1) is 5.60 Å². The first kappa shape index (κ1) is 12.7. The van der Waals surface area contributed by atoms with E-state index in [0.717, 1.165) is 56.7 Å². The minimum atomic E-state index is -0.626. The summed E-state index contributed by atoms with van der Waals surface area (Å²) in [5.74, 6) is 2.21. The van der Waals surface area contributed by atoms with Crippen LogP contribution in [0.2, 0.25) is 0 Å². The minimum Gasteiger partial charge on any atom is -0.388 e. The summed E-state index contributed by atoms with van der Waals surface area (Å²) >= 11 is 1.96. The van der Waals surface area contributed by atoms with Crippen molar-refractivity contribution in [3.63, 3.8) is 0 Å². The zero-order valence-corrected chi connectivity index (χ0v) is 11.1. The summed E-state index contributed by atoms with van der Waals surface area (Å²) in [6.45, 7) is 2.07. The fourth-order valence-electron chi connectivity index (χ4n) is 2.95. The predicted octanol–water partition coefficient (Wildman–Crippen LogP) is 1.06. The number of nitrogens with two attached hydrogens (primary N) is 1. The Morgan fingerprint density at radius 2 is 1.81 bits per heavy atom. The largest absolute Gasteiger partial charge is 0.388 e. The Hall–Kier alpha value is 0.230. The van der Waals surface area contributed by atoms with Crippen LogP contribution in [0.3, 0.4) is 0 Å². The van der Waals surface area contributed by atoms with Gasteiger partial charge in [-0.25, -0.2) is 0 Å². The van der Waals surface area contributed by atoms with Crippen molar-refractivity contribution in [2.24, 2.45) is 5.73 Å². The number of nitrogens with zero attached hydrogens (tertiary/aromatic N) is 1. The smallest absolute Gasteiger partial charge is 0.0839 e. The molecule has 94 valence electrons. The van der Waals surface area contributed by atoms with Crippen LogP contribution in [0.15, 0.2) is 0 Å². The molecular formula is C12H24N2OS. The topological polar surface area (TPSA) is 49.5 Å². The Labute approximate surface area is 103 Å². The zero-order chi connectivity index (χ0) is 11.6. The van der Waals surface area contributed by atoms with E-state index in [1.165, 1.54) is 0 Å². The van der Waals surface area contributed by atoms with Crippen LogP contribution in [0.5, 0.6) is 0 Å². The molecule has 2 aliphatic rings. The van der Waals surface area contributed by atoms with Crippen LogP contribution in [0.1, 0.15) is 32.1 Å². The van der Waals surface area contributed by atoms with Gasteiger partial charge in [-0.15, -0.1) is 0 Å². The van der Waals surface area contributed by atoms with Crippen molar-refractivity contribution >= 4 is 11.8 Å². The number of likely N-dealkylation sites (tertiary alicyclic amines) is 1. The molecule has 2 aliphatic heterocycles. The molecule has 3 nitrogen and oxygen atoms in total. The van der Waals surface area contributed by atoms with E-state index in [0.29, 0.717) is 0 Å². The quantitative estimate of drug-likeness (QED) is 0.724. The maximum atomic E-state index is 10.9. The summed E-state index contributed by atoms with van der Waals surface area (Å²) in [5, 5.41) is 10.9. The lowest BCUT2D eigenvalue weighted by molar-refractivity contribution is -0.0512. The molecule has 0 aromatic heterocycles. The Morgan fingerprint density at radius 3 is 2.50 bits per heavy atom. The lowest BCUT2D eigenvalue weighted by Crippen LogP contribution is -2.62. The molecule has 0 aliphatic carbocycles. The Kier molecular flexibility index (Phi) is 3.84. The molecule has 0 saturated carbocycles. The monoisotopic (exact) mass is 244 g/mol. The Bertz CT molecular complexity index is 243. The molecular weight excluding hydrogens is 220 g/mol. The number of aliphatic hydroxyl groups is 1. The van der Waals surface area contributed by atoms with E-state index < -0.39 is 5.60 Å². The highest BCUT2D eigenvalue weighted by Gasteiger charge is 2.47. The first-order valence-electron chi connectivity index (χ1n) is 6.33. The third-order valence-corrected chi connectivity index (χ3v) is 5.33.